The lowest BCUT2D eigenvalue weighted by atomic mass is 9.95. The van der Waals surface area contributed by atoms with Crippen LogP contribution in [0.1, 0.15) is 30.9 Å². The third-order valence-electron chi connectivity index (χ3n) is 4.84. The summed E-state index contributed by atoms with van der Waals surface area (Å²) < 4.78 is 0. The van der Waals surface area contributed by atoms with Crippen molar-refractivity contribution < 1.29 is 9.59 Å². The maximum atomic E-state index is 13.1. The van der Waals surface area contributed by atoms with Crippen molar-refractivity contribution in [2.24, 2.45) is 5.73 Å². The Labute approximate surface area is 154 Å². The molecule has 26 heavy (non-hydrogen) atoms. The second-order valence-corrected chi connectivity index (χ2v) is 6.53. The highest BCUT2D eigenvalue weighted by atomic mass is 16.2. The van der Waals surface area contributed by atoms with Crippen LogP contribution in [0.2, 0.25) is 0 Å². The fourth-order valence-electron chi connectivity index (χ4n) is 3.52. The second-order valence-electron chi connectivity index (χ2n) is 6.53. The number of carbonyl (C=O) groups is 2. The van der Waals surface area contributed by atoms with E-state index in [2.05, 4.69) is 12.1 Å². The van der Waals surface area contributed by atoms with E-state index in [4.69, 9.17) is 5.73 Å². The SMILES string of the molecule is NCC(=O)N(CC(=O)N1CCCCC1c1ccccc1)c1ccccc1. The number of hydrogen-bond donors (Lipinski definition) is 1. The van der Waals surface area contributed by atoms with Crippen LogP contribution in [0.15, 0.2) is 60.7 Å². The van der Waals surface area contributed by atoms with Crippen LogP contribution >= 0.6 is 0 Å². The molecule has 5 nitrogen and oxygen atoms in total. The number of amides is 2. The Morgan fingerprint density at radius 1 is 1.00 bits per heavy atom. The standard InChI is InChI=1S/C21H25N3O2/c22-15-20(25)24(18-11-5-2-6-12-18)16-21(26)23-14-8-7-13-19(23)17-9-3-1-4-10-17/h1-6,9-12,19H,7-8,13-16,22H2. The molecule has 0 saturated carbocycles. The van der Waals surface area contributed by atoms with Gasteiger partial charge in [0.05, 0.1) is 12.6 Å². The lowest BCUT2D eigenvalue weighted by molar-refractivity contribution is -0.134. The lowest BCUT2D eigenvalue weighted by Crippen LogP contribution is -2.47. The van der Waals surface area contributed by atoms with Crippen molar-refractivity contribution in [2.45, 2.75) is 25.3 Å². The topological polar surface area (TPSA) is 66.6 Å². The van der Waals surface area contributed by atoms with Crippen molar-refractivity contribution in [1.29, 1.82) is 0 Å². The van der Waals surface area contributed by atoms with Crippen molar-refractivity contribution in [3.8, 4) is 0 Å². The van der Waals surface area contributed by atoms with Gasteiger partial charge in [0.1, 0.15) is 6.54 Å². The summed E-state index contributed by atoms with van der Waals surface area (Å²) >= 11 is 0. The number of likely N-dealkylation sites (tertiary alicyclic amines) is 1. The Kier molecular flexibility index (Phi) is 6.02. The van der Waals surface area contributed by atoms with Gasteiger partial charge < -0.3 is 15.5 Å². The molecule has 1 aliphatic rings. The van der Waals surface area contributed by atoms with Crippen molar-refractivity contribution >= 4 is 17.5 Å². The van der Waals surface area contributed by atoms with Gasteiger partial charge >= 0.3 is 0 Å². The van der Waals surface area contributed by atoms with E-state index in [1.165, 1.54) is 4.90 Å². The molecular weight excluding hydrogens is 326 g/mol. The highest BCUT2D eigenvalue weighted by molar-refractivity contribution is 5.99. The minimum absolute atomic E-state index is 0.0172. The van der Waals surface area contributed by atoms with Crippen molar-refractivity contribution in [1.82, 2.24) is 4.90 Å². The molecule has 0 aliphatic carbocycles. The summed E-state index contributed by atoms with van der Waals surface area (Å²) in [6.07, 6.45) is 3.05. The van der Waals surface area contributed by atoms with Gasteiger partial charge in [0.15, 0.2) is 0 Å². The second kappa shape index (κ2) is 8.63. The zero-order valence-corrected chi connectivity index (χ0v) is 14.9. The molecule has 2 amide bonds. The predicted octanol–water partition coefficient (Wildman–Crippen LogP) is 2.73. The fourth-order valence-corrected chi connectivity index (χ4v) is 3.52. The zero-order valence-electron chi connectivity index (χ0n) is 14.9. The van der Waals surface area contributed by atoms with Gasteiger partial charge in [-0.2, -0.15) is 0 Å². The van der Waals surface area contributed by atoms with Crippen LogP contribution in [-0.4, -0.2) is 36.3 Å². The van der Waals surface area contributed by atoms with Gasteiger partial charge in [-0.1, -0.05) is 48.5 Å². The van der Waals surface area contributed by atoms with Gasteiger partial charge in [-0.25, -0.2) is 0 Å². The molecule has 136 valence electrons. The number of para-hydroxylation sites is 1. The molecule has 0 aromatic heterocycles. The largest absolute Gasteiger partial charge is 0.334 e. The Hall–Kier alpha value is -2.66. The maximum absolute atomic E-state index is 13.1. The van der Waals surface area contributed by atoms with E-state index >= 15 is 0 Å². The number of carbonyl (C=O) groups excluding carboxylic acids is 2. The quantitative estimate of drug-likeness (QED) is 0.901. The van der Waals surface area contributed by atoms with Crippen molar-refractivity contribution in [3.63, 3.8) is 0 Å². The summed E-state index contributed by atoms with van der Waals surface area (Å²) in [6, 6.07) is 19.4. The molecule has 2 aromatic carbocycles. The minimum atomic E-state index is -0.252. The predicted molar refractivity (Wildman–Crippen MR) is 103 cm³/mol. The number of rotatable bonds is 5. The molecule has 2 N–H and O–H groups in total. The summed E-state index contributed by atoms with van der Waals surface area (Å²) in [6.45, 7) is 0.617. The maximum Gasteiger partial charge on any atom is 0.243 e. The third-order valence-corrected chi connectivity index (χ3v) is 4.84. The molecule has 3 rings (SSSR count). The zero-order chi connectivity index (χ0) is 18.4. The Balaban J connectivity index is 1.80. The molecule has 2 aromatic rings. The number of anilines is 1. The lowest BCUT2D eigenvalue weighted by Gasteiger charge is -2.37. The first-order valence-electron chi connectivity index (χ1n) is 9.10. The highest BCUT2D eigenvalue weighted by Crippen LogP contribution is 2.31. The minimum Gasteiger partial charge on any atom is -0.334 e. The molecule has 1 saturated heterocycles. The van der Waals surface area contributed by atoms with Crippen LogP contribution in [0.25, 0.3) is 0 Å². The normalized spacial score (nSPS) is 17.0. The first kappa shape index (κ1) is 18.1. The molecule has 0 spiro atoms. The van der Waals surface area contributed by atoms with Crippen LogP contribution in [0.3, 0.4) is 0 Å². The number of nitrogens with zero attached hydrogens (tertiary/aromatic N) is 2. The summed E-state index contributed by atoms with van der Waals surface area (Å²) in [5.41, 5.74) is 7.42. The van der Waals surface area contributed by atoms with E-state index in [0.29, 0.717) is 5.69 Å². The summed E-state index contributed by atoms with van der Waals surface area (Å²) in [7, 11) is 0. The monoisotopic (exact) mass is 351 g/mol. The summed E-state index contributed by atoms with van der Waals surface area (Å²) in [5, 5.41) is 0. The molecule has 1 aliphatic heterocycles. The van der Waals surface area contributed by atoms with E-state index in [-0.39, 0.29) is 30.9 Å². The number of nitrogens with two attached hydrogens (primary N) is 1. The Morgan fingerprint density at radius 2 is 1.65 bits per heavy atom. The van der Waals surface area contributed by atoms with Gasteiger partial charge in [0.25, 0.3) is 0 Å². The van der Waals surface area contributed by atoms with Crippen LogP contribution in [0.4, 0.5) is 5.69 Å². The third kappa shape index (κ3) is 4.11. The number of piperidine rings is 1. The van der Waals surface area contributed by atoms with Gasteiger partial charge in [0.2, 0.25) is 11.8 Å². The number of benzene rings is 2. The van der Waals surface area contributed by atoms with E-state index in [0.717, 1.165) is 31.4 Å². The van der Waals surface area contributed by atoms with Crippen LogP contribution in [-0.2, 0) is 9.59 Å². The van der Waals surface area contributed by atoms with Crippen molar-refractivity contribution in [2.75, 3.05) is 24.5 Å². The van der Waals surface area contributed by atoms with Gasteiger partial charge in [0, 0.05) is 12.2 Å². The van der Waals surface area contributed by atoms with E-state index in [9.17, 15) is 9.59 Å². The van der Waals surface area contributed by atoms with Crippen LogP contribution in [0.5, 0.6) is 0 Å². The summed E-state index contributed by atoms with van der Waals surface area (Å²) in [4.78, 5) is 28.8. The molecule has 1 heterocycles. The van der Waals surface area contributed by atoms with Crippen molar-refractivity contribution in [3.05, 3.63) is 66.2 Å². The Morgan fingerprint density at radius 3 is 2.31 bits per heavy atom. The Bertz CT molecular complexity index is 733. The first-order chi connectivity index (χ1) is 12.7. The number of hydrogen-bond acceptors (Lipinski definition) is 3. The summed E-state index contributed by atoms with van der Waals surface area (Å²) in [5.74, 6) is -0.290. The average Bonchev–Trinajstić information content (AvgIpc) is 2.72. The van der Waals surface area contributed by atoms with Gasteiger partial charge in [-0.3, -0.25) is 9.59 Å². The first-order valence-corrected chi connectivity index (χ1v) is 9.10. The molecule has 1 fully saturated rings. The fraction of sp³-hybridized carbons (Fsp3) is 0.333. The van der Waals surface area contributed by atoms with E-state index in [1.807, 2.05) is 53.4 Å². The van der Waals surface area contributed by atoms with Crippen LogP contribution in [0, 0.1) is 0 Å². The van der Waals surface area contributed by atoms with Gasteiger partial charge in [-0.05, 0) is 37.0 Å². The average molecular weight is 351 g/mol. The molecule has 1 atom stereocenters. The molecular formula is C21H25N3O2. The smallest absolute Gasteiger partial charge is 0.243 e. The van der Waals surface area contributed by atoms with E-state index in [1.54, 1.807) is 0 Å². The van der Waals surface area contributed by atoms with E-state index < -0.39 is 0 Å². The molecule has 0 bridgehead atoms. The van der Waals surface area contributed by atoms with Crippen LogP contribution < -0.4 is 10.6 Å². The van der Waals surface area contributed by atoms with Gasteiger partial charge in [-0.15, -0.1) is 0 Å². The highest BCUT2D eigenvalue weighted by Gasteiger charge is 2.30. The molecule has 5 heteroatoms. The molecule has 0 radical (unpaired) electrons. The molecule has 1 unspecified atom stereocenters.